The summed E-state index contributed by atoms with van der Waals surface area (Å²) in [5, 5.41) is 15.8. The molecule has 1 N–H and O–H groups in total. The maximum atomic E-state index is 12.2. The zero-order valence-electron chi connectivity index (χ0n) is 34.0. The molecular formula is C47H59IrN2O3-. The third-order valence-corrected chi connectivity index (χ3v) is 11.3. The molecule has 5 aromatic rings. The van der Waals surface area contributed by atoms with E-state index in [1.54, 1.807) is 6.33 Å². The molecule has 2 heterocycles. The predicted octanol–water partition coefficient (Wildman–Crippen LogP) is 13.3. The largest absolute Gasteiger partial charge is 0.512 e. The van der Waals surface area contributed by atoms with Crippen molar-refractivity contribution in [3.63, 3.8) is 0 Å². The molecule has 1 aliphatic heterocycles. The molecule has 1 radical (unpaired) electrons. The summed E-state index contributed by atoms with van der Waals surface area (Å²) in [6.45, 7) is 25.8. The minimum atomic E-state index is -0.337. The van der Waals surface area contributed by atoms with E-state index in [9.17, 15) is 9.90 Å². The fraction of sp³-hybridized carbons (Fsp3) is 0.468. The number of carbonyl (C=O) groups is 1. The molecule has 5 nitrogen and oxygen atoms in total. The van der Waals surface area contributed by atoms with Crippen LogP contribution in [0.2, 0.25) is 0 Å². The van der Waals surface area contributed by atoms with Crippen molar-refractivity contribution in [2.75, 3.05) is 0 Å². The standard InChI is InChI=1S/C32H31N2O.C15H28O2.Ir/c1-31(2,3)16-20-11-9-13-22-23(20)15-26-27-28(22)33-18-34-29(27)24-14-19-10-7-8-12-21(19)25(30(24)35-26)17-32(4,5)6;1-7-14(5,8-2)12(16)11-13(17)15(6,9-3)10-4;/h7-13,15,18H,16-17H2,1-6H3;11,16H,7-10H2,1-6H3;/q-1;;/b;12-11-;. The van der Waals surface area contributed by atoms with Crippen LogP contribution < -0.4 is 4.74 Å². The quantitative estimate of drug-likeness (QED) is 0.0677. The molecule has 6 rings (SSSR count). The molecule has 4 aromatic carbocycles. The number of fused-ring (bicyclic) bond motifs is 5. The Morgan fingerprint density at radius 1 is 0.774 bits per heavy atom. The molecule has 0 atom stereocenters. The third kappa shape index (κ3) is 8.71. The van der Waals surface area contributed by atoms with Crippen LogP contribution >= 0.6 is 0 Å². The van der Waals surface area contributed by atoms with Gasteiger partial charge in [-0.25, -0.2) is 4.98 Å². The van der Waals surface area contributed by atoms with E-state index in [0.29, 0.717) is 0 Å². The number of allylic oxidation sites excluding steroid dienone is 2. The van der Waals surface area contributed by atoms with Crippen molar-refractivity contribution < 1.29 is 34.7 Å². The van der Waals surface area contributed by atoms with E-state index < -0.39 is 0 Å². The topological polar surface area (TPSA) is 72.3 Å². The van der Waals surface area contributed by atoms with E-state index in [2.05, 4.69) is 96.1 Å². The molecule has 1 aromatic heterocycles. The van der Waals surface area contributed by atoms with E-state index in [0.717, 1.165) is 83.0 Å². The fourth-order valence-corrected chi connectivity index (χ4v) is 7.11. The number of hydrogen-bond acceptors (Lipinski definition) is 5. The normalized spacial score (nSPS) is 13.2. The van der Waals surface area contributed by atoms with Crippen molar-refractivity contribution in [2.45, 2.75) is 122 Å². The summed E-state index contributed by atoms with van der Waals surface area (Å²) >= 11 is 0. The molecule has 0 fully saturated rings. The van der Waals surface area contributed by atoms with Crippen molar-refractivity contribution in [3.8, 4) is 22.8 Å². The Labute approximate surface area is 331 Å². The molecule has 0 unspecified atom stereocenters. The summed E-state index contributed by atoms with van der Waals surface area (Å²) in [6, 6.07) is 20.9. The first-order valence-corrected chi connectivity index (χ1v) is 19.2. The second kappa shape index (κ2) is 16.0. The molecule has 285 valence electrons. The Bertz CT molecular complexity index is 2140. The van der Waals surface area contributed by atoms with Crippen LogP contribution in [0.1, 0.15) is 120 Å². The fourth-order valence-electron chi connectivity index (χ4n) is 7.11. The minimum Gasteiger partial charge on any atom is -0.512 e. The van der Waals surface area contributed by atoms with Gasteiger partial charge in [-0.3, -0.25) is 9.78 Å². The van der Waals surface area contributed by atoms with Gasteiger partial charge in [-0.2, -0.15) is 0 Å². The summed E-state index contributed by atoms with van der Waals surface area (Å²) < 4.78 is 6.82. The molecule has 0 aliphatic carbocycles. The Kier molecular flexibility index (Phi) is 12.7. The van der Waals surface area contributed by atoms with Crippen molar-refractivity contribution in [1.82, 2.24) is 9.97 Å². The number of hydrogen-bond donors (Lipinski definition) is 1. The maximum absolute atomic E-state index is 12.2. The predicted molar refractivity (Wildman–Crippen MR) is 218 cm³/mol. The van der Waals surface area contributed by atoms with Gasteiger partial charge in [0.1, 0.15) is 17.8 Å². The van der Waals surface area contributed by atoms with E-state index in [4.69, 9.17) is 14.7 Å². The number of rotatable bonds is 9. The van der Waals surface area contributed by atoms with Crippen molar-refractivity contribution >= 4 is 38.2 Å². The Morgan fingerprint density at radius 2 is 1.38 bits per heavy atom. The zero-order chi connectivity index (χ0) is 38.2. The second-order valence-corrected chi connectivity index (χ2v) is 17.7. The van der Waals surface area contributed by atoms with E-state index in [-0.39, 0.29) is 53.3 Å². The molecule has 6 heteroatoms. The van der Waals surface area contributed by atoms with Crippen LogP contribution in [0.3, 0.4) is 0 Å². The summed E-state index contributed by atoms with van der Waals surface area (Å²) in [5.41, 5.74) is 5.02. The summed E-state index contributed by atoms with van der Waals surface area (Å²) in [5.74, 6) is 2.02. The number of ether oxygens (including phenoxy) is 1. The first-order valence-electron chi connectivity index (χ1n) is 19.2. The molecule has 53 heavy (non-hydrogen) atoms. The monoisotopic (exact) mass is 892 g/mol. The van der Waals surface area contributed by atoms with Crippen LogP contribution in [0.4, 0.5) is 0 Å². The summed E-state index contributed by atoms with van der Waals surface area (Å²) in [6.07, 6.45) is 8.33. The van der Waals surface area contributed by atoms with Crippen molar-refractivity contribution in [2.24, 2.45) is 21.7 Å². The van der Waals surface area contributed by atoms with Gasteiger partial charge in [0, 0.05) is 53.5 Å². The Balaban J connectivity index is 0.000000299. The average Bonchev–Trinajstić information content (AvgIpc) is 3.10. The summed E-state index contributed by atoms with van der Waals surface area (Å²) in [4.78, 5) is 21.7. The molecule has 0 saturated heterocycles. The van der Waals surface area contributed by atoms with E-state index in [1.165, 1.54) is 28.0 Å². The molecule has 0 amide bonds. The number of aromatic nitrogens is 2. The van der Waals surface area contributed by atoms with Crippen LogP contribution in [0.5, 0.6) is 11.5 Å². The van der Waals surface area contributed by atoms with E-state index >= 15 is 0 Å². The minimum absolute atomic E-state index is 0. The van der Waals surface area contributed by atoms with Crippen LogP contribution in [0.25, 0.3) is 43.7 Å². The number of ketones is 1. The Morgan fingerprint density at radius 3 is 1.98 bits per heavy atom. The molecular weight excluding hydrogens is 833 g/mol. The first-order chi connectivity index (χ1) is 24.4. The number of carbonyl (C=O) groups excluding carboxylic acids is 1. The molecule has 0 spiro atoms. The van der Waals surface area contributed by atoms with Gasteiger partial charge in [-0.05, 0) is 66.4 Å². The van der Waals surface area contributed by atoms with Crippen LogP contribution in [-0.2, 0) is 37.7 Å². The van der Waals surface area contributed by atoms with Gasteiger partial charge in [0.2, 0.25) is 0 Å². The molecule has 1 aliphatic rings. The van der Waals surface area contributed by atoms with Gasteiger partial charge >= 0.3 is 0 Å². The molecule has 0 bridgehead atoms. The van der Waals surface area contributed by atoms with Gasteiger partial charge in [0.25, 0.3) is 0 Å². The van der Waals surface area contributed by atoms with Crippen LogP contribution in [0, 0.1) is 27.7 Å². The van der Waals surface area contributed by atoms with Crippen molar-refractivity contribution in [3.05, 3.63) is 83.9 Å². The number of benzene rings is 4. The zero-order valence-corrected chi connectivity index (χ0v) is 36.4. The van der Waals surface area contributed by atoms with Gasteiger partial charge in [0.15, 0.2) is 5.78 Å². The smallest absolute Gasteiger partial charge is 0.164 e. The first kappa shape index (κ1) is 42.1. The summed E-state index contributed by atoms with van der Waals surface area (Å²) in [7, 11) is 0. The number of nitrogens with zero attached hydrogens (tertiary/aromatic N) is 2. The van der Waals surface area contributed by atoms with Gasteiger partial charge in [0.05, 0.1) is 11.3 Å². The number of aliphatic hydroxyl groups is 1. The second-order valence-electron chi connectivity index (χ2n) is 17.7. The third-order valence-electron chi connectivity index (χ3n) is 11.3. The van der Waals surface area contributed by atoms with Gasteiger partial charge in [-0.15, -0.1) is 17.5 Å². The maximum Gasteiger partial charge on any atom is 0.164 e. The van der Waals surface area contributed by atoms with Crippen LogP contribution in [0.15, 0.2) is 66.7 Å². The molecule has 0 saturated carbocycles. The van der Waals surface area contributed by atoms with E-state index in [1.807, 2.05) is 41.5 Å². The van der Waals surface area contributed by atoms with Gasteiger partial charge in [-0.1, -0.05) is 136 Å². The number of aliphatic hydroxyl groups excluding tert-OH is 1. The van der Waals surface area contributed by atoms with Crippen molar-refractivity contribution in [1.29, 1.82) is 0 Å². The SMILES string of the molecule is CC(C)(C)Cc1c2c([c-]c3ccccc13)-c1ncnc3c1c(cc1c(CC(C)(C)C)cccc13)O2.CCC(C)(CC)C(=O)/C=C(\O)C(C)(CC)CC.[Ir]. The van der Waals surface area contributed by atoms with Gasteiger partial charge < -0.3 is 9.84 Å². The average molecular weight is 892 g/mol. The van der Waals surface area contributed by atoms with Crippen LogP contribution in [-0.4, -0.2) is 20.9 Å². The Hall–Kier alpha value is -3.60.